The lowest BCUT2D eigenvalue weighted by atomic mass is 10.1. The highest BCUT2D eigenvalue weighted by molar-refractivity contribution is 6.33. The minimum atomic E-state index is -0.417. The highest BCUT2D eigenvalue weighted by atomic mass is 35.5. The summed E-state index contributed by atoms with van der Waals surface area (Å²) in [5.74, 6) is 0. The van der Waals surface area contributed by atoms with E-state index in [0.717, 1.165) is 61.1 Å². The first-order valence-corrected chi connectivity index (χ1v) is 12.8. The molecule has 1 aliphatic rings. The first-order valence-electron chi connectivity index (χ1n) is 12.0. The topological polar surface area (TPSA) is 34.0 Å². The van der Waals surface area contributed by atoms with Crippen molar-refractivity contribution < 1.29 is 14.9 Å². The first-order chi connectivity index (χ1) is 16.6. The Morgan fingerprint density at radius 2 is 1.41 bits per heavy atom. The van der Waals surface area contributed by atoms with Gasteiger partial charge in [-0.2, -0.15) is 0 Å². The summed E-state index contributed by atoms with van der Waals surface area (Å²) in [6, 6.07) is 22.3. The Morgan fingerprint density at radius 1 is 0.824 bits per heavy atom. The highest BCUT2D eigenvalue weighted by Crippen LogP contribution is 2.32. The Balaban J connectivity index is 1.20. The standard InChI is InChI=1S/C28H29Cl2N3O/c29-22-8-10-27-25(17-22)26-18-23(30)9-11-28(26)33(27)20-24(34)19-32-15-13-31(14-16-32)12-4-7-21-5-2-1-3-6-21/h1-11,17-18,24,34H,12-16,19-20H2/p+2/t24-/m0/s1. The van der Waals surface area contributed by atoms with Crippen molar-refractivity contribution in [1.82, 2.24) is 4.57 Å². The molecular weight excluding hydrogens is 465 g/mol. The van der Waals surface area contributed by atoms with Crippen LogP contribution in [0.25, 0.3) is 27.9 Å². The van der Waals surface area contributed by atoms with Crippen molar-refractivity contribution in [3.63, 3.8) is 0 Å². The molecule has 0 bridgehead atoms. The molecule has 0 unspecified atom stereocenters. The molecule has 3 aromatic carbocycles. The zero-order valence-corrected chi connectivity index (χ0v) is 20.7. The van der Waals surface area contributed by atoms with Gasteiger partial charge in [0.1, 0.15) is 38.8 Å². The molecule has 1 aromatic heterocycles. The SMILES string of the molecule is O[C@H](Cn1c2ccc(Cl)cc2c2cc(Cl)ccc21)C[NH+]1CC[NH+](CC=Cc2ccccc2)CC1. The van der Waals surface area contributed by atoms with Crippen molar-refractivity contribution in [1.29, 1.82) is 0 Å². The van der Waals surface area contributed by atoms with Crippen LogP contribution in [0.2, 0.25) is 10.0 Å². The number of halogens is 2. The lowest BCUT2D eigenvalue weighted by Crippen LogP contribution is -3.28. The van der Waals surface area contributed by atoms with Gasteiger partial charge in [0.25, 0.3) is 0 Å². The molecule has 4 nitrogen and oxygen atoms in total. The summed E-state index contributed by atoms with van der Waals surface area (Å²) in [7, 11) is 0. The molecule has 1 saturated heterocycles. The fourth-order valence-electron chi connectivity index (χ4n) is 5.14. The van der Waals surface area contributed by atoms with E-state index in [4.69, 9.17) is 23.2 Å². The van der Waals surface area contributed by atoms with Crippen molar-refractivity contribution in [2.45, 2.75) is 12.6 Å². The van der Waals surface area contributed by atoms with Crippen LogP contribution >= 0.6 is 23.2 Å². The van der Waals surface area contributed by atoms with E-state index in [9.17, 15) is 5.11 Å². The number of benzene rings is 3. The van der Waals surface area contributed by atoms with E-state index < -0.39 is 6.10 Å². The number of aliphatic hydroxyl groups excluding tert-OH is 1. The third-order valence-corrected chi connectivity index (χ3v) is 7.36. The van der Waals surface area contributed by atoms with E-state index in [1.807, 2.05) is 42.5 Å². The first kappa shape index (κ1) is 23.4. The molecule has 3 N–H and O–H groups in total. The number of nitrogens with zero attached hydrogens (tertiary/aromatic N) is 1. The van der Waals surface area contributed by atoms with Crippen LogP contribution in [-0.2, 0) is 6.54 Å². The predicted molar refractivity (Wildman–Crippen MR) is 142 cm³/mol. The van der Waals surface area contributed by atoms with Gasteiger partial charge >= 0.3 is 0 Å². The molecule has 1 atom stereocenters. The van der Waals surface area contributed by atoms with E-state index >= 15 is 0 Å². The third-order valence-electron chi connectivity index (χ3n) is 6.89. The summed E-state index contributed by atoms with van der Waals surface area (Å²) in [5, 5.41) is 14.6. The molecule has 6 heteroatoms. The smallest absolute Gasteiger partial charge is 0.127 e. The number of piperazine rings is 1. The molecule has 0 radical (unpaired) electrons. The van der Waals surface area contributed by atoms with Gasteiger partial charge in [0.2, 0.25) is 0 Å². The molecule has 1 fully saturated rings. The molecule has 176 valence electrons. The Kier molecular flexibility index (Phi) is 7.23. The van der Waals surface area contributed by atoms with Gasteiger partial charge < -0.3 is 19.5 Å². The van der Waals surface area contributed by atoms with Crippen LogP contribution < -0.4 is 9.80 Å². The number of fused-ring (bicyclic) bond motifs is 3. The second kappa shape index (κ2) is 10.5. The Hall–Kier alpha value is -2.34. The number of aromatic nitrogens is 1. The van der Waals surface area contributed by atoms with Gasteiger partial charge in [0.05, 0.1) is 13.1 Å². The van der Waals surface area contributed by atoms with Gasteiger partial charge in [-0.15, -0.1) is 0 Å². The molecule has 1 aliphatic heterocycles. The summed E-state index contributed by atoms with van der Waals surface area (Å²) in [4.78, 5) is 3.09. The summed E-state index contributed by atoms with van der Waals surface area (Å²) in [6.07, 6.45) is 4.08. The average molecular weight is 496 g/mol. The molecule has 0 aliphatic carbocycles. The predicted octanol–water partition coefficient (Wildman–Crippen LogP) is 2.96. The number of aliphatic hydroxyl groups is 1. The normalized spacial score (nSPS) is 19.9. The lowest BCUT2D eigenvalue weighted by Gasteiger charge is -2.30. The quantitative estimate of drug-likeness (QED) is 0.362. The van der Waals surface area contributed by atoms with Crippen molar-refractivity contribution >= 4 is 51.1 Å². The molecule has 0 saturated carbocycles. The zero-order chi connectivity index (χ0) is 23.5. The minimum absolute atomic E-state index is 0.417. The van der Waals surface area contributed by atoms with Gasteiger partial charge in [-0.1, -0.05) is 59.6 Å². The average Bonchev–Trinajstić information content (AvgIpc) is 3.12. The van der Waals surface area contributed by atoms with E-state index in [2.05, 4.69) is 41.0 Å². The minimum Gasteiger partial charge on any atom is -0.385 e. The Bertz CT molecular complexity index is 1230. The molecule has 5 rings (SSSR count). The largest absolute Gasteiger partial charge is 0.385 e. The summed E-state index contributed by atoms with van der Waals surface area (Å²) in [5.41, 5.74) is 3.41. The van der Waals surface area contributed by atoms with Crippen molar-refractivity contribution in [3.8, 4) is 0 Å². The molecule has 0 amide bonds. The molecule has 0 spiro atoms. The second-order valence-corrected chi connectivity index (χ2v) is 10.2. The van der Waals surface area contributed by atoms with E-state index in [0.29, 0.717) is 16.6 Å². The maximum Gasteiger partial charge on any atom is 0.127 e. The van der Waals surface area contributed by atoms with Crippen LogP contribution in [0.4, 0.5) is 0 Å². The summed E-state index contributed by atoms with van der Waals surface area (Å²) < 4.78 is 2.21. The van der Waals surface area contributed by atoms with Crippen LogP contribution in [-0.4, -0.2) is 55.0 Å². The lowest BCUT2D eigenvalue weighted by molar-refractivity contribution is -1.01. The van der Waals surface area contributed by atoms with Gasteiger partial charge in [-0.25, -0.2) is 0 Å². The maximum absolute atomic E-state index is 11.0. The van der Waals surface area contributed by atoms with Crippen molar-refractivity contribution in [3.05, 3.63) is 88.4 Å². The number of quaternary nitrogens is 2. The fourth-order valence-corrected chi connectivity index (χ4v) is 5.49. The van der Waals surface area contributed by atoms with Crippen molar-refractivity contribution in [2.24, 2.45) is 0 Å². The van der Waals surface area contributed by atoms with Crippen molar-refractivity contribution in [2.75, 3.05) is 39.3 Å². The Morgan fingerprint density at radius 3 is 2.03 bits per heavy atom. The third kappa shape index (κ3) is 5.32. The number of hydrogen-bond acceptors (Lipinski definition) is 1. The zero-order valence-electron chi connectivity index (χ0n) is 19.2. The monoisotopic (exact) mass is 495 g/mol. The van der Waals surface area contributed by atoms with Crippen LogP contribution in [0.5, 0.6) is 0 Å². The van der Waals surface area contributed by atoms with Crippen LogP contribution in [0.1, 0.15) is 5.56 Å². The molecule has 34 heavy (non-hydrogen) atoms. The summed E-state index contributed by atoms with van der Waals surface area (Å²) in [6.45, 7) is 6.81. The number of nitrogens with one attached hydrogen (secondary N) is 2. The number of hydrogen-bond donors (Lipinski definition) is 3. The maximum atomic E-state index is 11.0. The van der Waals surface area contributed by atoms with Gasteiger partial charge in [0.15, 0.2) is 0 Å². The van der Waals surface area contributed by atoms with Gasteiger partial charge in [0, 0.05) is 31.9 Å². The van der Waals surface area contributed by atoms with Gasteiger partial charge in [-0.05, 0) is 48.0 Å². The van der Waals surface area contributed by atoms with E-state index in [1.54, 1.807) is 4.90 Å². The molecule has 2 heterocycles. The van der Waals surface area contributed by atoms with Crippen LogP contribution in [0.3, 0.4) is 0 Å². The van der Waals surface area contributed by atoms with Gasteiger partial charge in [-0.3, -0.25) is 0 Å². The van der Waals surface area contributed by atoms with Crippen LogP contribution in [0.15, 0.2) is 72.8 Å². The summed E-state index contributed by atoms with van der Waals surface area (Å²) >= 11 is 12.6. The number of rotatable bonds is 7. The molecule has 4 aromatic rings. The van der Waals surface area contributed by atoms with E-state index in [-0.39, 0.29) is 0 Å². The highest BCUT2D eigenvalue weighted by Gasteiger charge is 2.25. The molecular formula is C28H31Cl2N3O+2. The fraction of sp³-hybridized carbons (Fsp3) is 0.286. The second-order valence-electron chi connectivity index (χ2n) is 9.31. The van der Waals surface area contributed by atoms with Crippen LogP contribution in [0, 0.1) is 0 Å². The Labute approximate surface area is 210 Å². The van der Waals surface area contributed by atoms with E-state index in [1.165, 1.54) is 10.5 Å².